The number of nitrogens with one attached hydrogen (secondary N) is 1. The molecule has 0 atom stereocenters. The largest absolute Gasteiger partial charge is 0.371 e. The van der Waals surface area contributed by atoms with Crippen LogP contribution in [0.1, 0.15) is 43.6 Å². The fraction of sp³-hybridized carbons (Fsp3) is 0.450. The Balaban J connectivity index is 1.69. The molecule has 1 fully saturated rings. The smallest absolute Gasteiger partial charge is 0.154 e. The summed E-state index contributed by atoms with van der Waals surface area (Å²) in [4.78, 5) is 13.9. The van der Waals surface area contributed by atoms with Gasteiger partial charge >= 0.3 is 0 Å². The lowest BCUT2D eigenvalue weighted by atomic mass is 9.84. The van der Waals surface area contributed by atoms with E-state index in [2.05, 4.69) is 45.6 Å². The third-order valence-electron chi connectivity index (χ3n) is 5.14. The van der Waals surface area contributed by atoms with Gasteiger partial charge < -0.3 is 5.32 Å². The van der Waals surface area contributed by atoms with Crippen molar-refractivity contribution in [3.8, 4) is 11.3 Å². The highest BCUT2D eigenvalue weighted by Crippen LogP contribution is 2.33. The lowest BCUT2D eigenvalue weighted by Crippen LogP contribution is -2.33. The number of aromatic nitrogens is 1. The molecule has 124 valence electrons. The molecule has 0 saturated heterocycles. The van der Waals surface area contributed by atoms with E-state index in [1.807, 2.05) is 7.05 Å². The second-order valence-electron chi connectivity index (χ2n) is 6.69. The van der Waals surface area contributed by atoms with Gasteiger partial charge in [-0.15, -0.1) is 0 Å². The summed E-state index contributed by atoms with van der Waals surface area (Å²) in [7, 11) is 1.89. The molecule has 2 heterocycles. The molecule has 4 heteroatoms. The summed E-state index contributed by atoms with van der Waals surface area (Å²) in [5.74, 6) is 1.56. The lowest BCUT2D eigenvalue weighted by Gasteiger charge is -2.22. The van der Waals surface area contributed by atoms with Crippen LogP contribution in [0.25, 0.3) is 11.3 Å². The van der Waals surface area contributed by atoms with Gasteiger partial charge in [-0.3, -0.25) is 9.98 Å². The number of hydrogen-bond donors (Lipinski definition) is 1. The van der Waals surface area contributed by atoms with Crippen LogP contribution in [0.3, 0.4) is 0 Å². The van der Waals surface area contributed by atoms with Crippen LogP contribution >= 0.6 is 0 Å². The van der Waals surface area contributed by atoms with Gasteiger partial charge in [0.05, 0.1) is 24.1 Å². The van der Waals surface area contributed by atoms with E-state index < -0.39 is 0 Å². The van der Waals surface area contributed by atoms with Gasteiger partial charge in [0, 0.05) is 12.6 Å². The predicted octanol–water partition coefficient (Wildman–Crippen LogP) is 3.09. The van der Waals surface area contributed by atoms with Gasteiger partial charge in [0.2, 0.25) is 0 Å². The molecule has 4 rings (SSSR count). The summed E-state index contributed by atoms with van der Waals surface area (Å²) < 4.78 is 0. The molecule has 1 N–H and O–H groups in total. The highest BCUT2D eigenvalue weighted by Gasteiger charge is 2.15. The Morgan fingerprint density at radius 1 is 0.958 bits per heavy atom. The van der Waals surface area contributed by atoms with Crippen LogP contribution < -0.4 is 16.0 Å². The van der Waals surface area contributed by atoms with Gasteiger partial charge in [-0.05, 0) is 30.4 Å². The molecule has 0 amide bonds. The van der Waals surface area contributed by atoms with Crippen molar-refractivity contribution >= 4 is 5.82 Å². The monoisotopic (exact) mass is 320 g/mol. The molecule has 24 heavy (non-hydrogen) atoms. The standard InChI is InChI=1S/C20H24N4/c1-21-20-19-18(22-11-12-23-19)13-17(24-20)16-9-7-15(8-10-16)14-5-3-2-4-6-14/h7-10,13-14H,2-6,11-12H2,1H3,(H,21,24). The molecule has 0 bridgehead atoms. The zero-order chi connectivity index (χ0) is 16.4. The molecule has 1 aliphatic heterocycles. The molecule has 1 aliphatic carbocycles. The Hall–Kier alpha value is -2.23. The van der Waals surface area contributed by atoms with Crippen LogP contribution in [0.15, 0.2) is 40.3 Å². The van der Waals surface area contributed by atoms with E-state index in [9.17, 15) is 0 Å². The van der Waals surface area contributed by atoms with Gasteiger partial charge in [0.15, 0.2) is 5.82 Å². The Morgan fingerprint density at radius 3 is 2.46 bits per heavy atom. The van der Waals surface area contributed by atoms with Crippen molar-refractivity contribution in [1.29, 1.82) is 0 Å². The first-order chi connectivity index (χ1) is 11.8. The number of anilines is 1. The number of hydrogen-bond acceptors (Lipinski definition) is 4. The maximum absolute atomic E-state index is 4.75. The average molecular weight is 320 g/mol. The van der Waals surface area contributed by atoms with Crippen molar-refractivity contribution in [3.63, 3.8) is 0 Å². The molecule has 1 aromatic heterocycles. The Kier molecular flexibility index (Phi) is 4.28. The van der Waals surface area contributed by atoms with Gasteiger partial charge in [-0.1, -0.05) is 43.5 Å². The fourth-order valence-corrected chi connectivity index (χ4v) is 3.82. The molecule has 1 saturated carbocycles. The zero-order valence-corrected chi connectivity index (χ0v) is 14.3. The number of benzene rings is 1. The van der Waals surface area contributed by atoms with E-state index >= 15 is 0 Å². The second-order valence-corrected chi connectivity index (χ2v) is 6.69. The summed E-state index contributed by atoms with van der Waals surface area (Å²) in [5, 5.41) is 5.01. The van der Waals surface area contributed by atoms with E-state index in [0.29, 0.717) is 0 Å². The molecule has 2 aliphatic rings. The molecule has 4 nitrogen and oxygen atoms in total. The third kappa shape index (κ3) is 2.93. The minimum atomic E-state index is 0.742. The summed E-state index contributed by atoms with van der Waals surface area (Å²) in [6, 6.07) is 11.0. The van der Waals surface area contributed by atoms with E-state index in [0.717, 1.165) is 46.8 Å². The van der Waals surface area contributed by atoms with Crippen LogP contribution in [-0.2, 0) is 0 Å². The Morgan fingerprint density at radius 2 is 1.71 bits per heavy atom. The van der Waals surface area contributed by atoms with E-state index in [1.54, 1.807) is 0 Å². The zero-order valence-electron chi connectivity index (χ0n) is 14.3. The Bertz CT molecular complexity index is 833. The highest BCUT2D eigenvalue weighted by molar-refractivity contribution is 5.61. The van der Waals surface area contributed by atoms with Crippen LogP contribution in [0.4, 0.5) is 5.82 Å². The second kappa shape index (κ2) is 6.71. The number of fused-ring (bicyclic) bond motifs is 1. The summed E-state index contributed by atoms with van der Waals surface area (Å²) >= 11 is 0. The topological polar surface area (TPSA) is 49.6 Å². The van der Waals surface area contributed by atoms with E-state index in [-0.39, 0.29) is 0 Å². The molecule has 0 unspecified atom stereocenters. The van der Waals surface area contributed by atoms with E-state index in [4.69, 9.17) is 4.98 Å². The molecular weight excluding hydrogens is 296 g/mol. The maximum Gasteiger partial charge on any atom is 0.154 e. The number of pyridine rings is 1. The lowest BCUT2D eigenvalue weighted by molar-refractivity contribution is 0.443. The van der Waals surface area contributed by atoms with Crippen LogP contribution in [0.2, 0.25) is 0 Å². The summed E-state index contributed by atoms with van der Waals surface area (Å²) in [6.07, 6.45) is 6.81. The van der Waals surface area contributed by atoms with Gasteiger partial charge in [0.1, 0.15) is 5.36 Å². The molecular formula is C20H24N4. The van der Waals surface area contributed by atoms with Crippen molar-refractivity contribution in [1.82, 2.24) is 4.98 Å². The van der Waals surface area contributed by atoms with Crippen molar-refractivity contribution < 1.29 is 0 Å². The minimum Gasteiger partial charge on any atom is -0.371 e. The van der Waals surface area contributed by atoms with Crippen LogP contribution in [0, 0.1) is 0 Å². The van der Waals surface area contributed by atoms with Gasteiger partial charge in [0.25, 0.3) is 0 Å². The number of nitrogens with zero attached hydrogens (tertiary/aromatic N) is 3. The normalized spacial score (nSPS) is 17.5. The van der Waals surface area contributed by atoms with Crippen molar-refractivity contribution in [3.05, 3.63) is 46.6 Å². The van der Waals surface area contributed by atoms with Crippen LogP contribution in [-0.4, -0.2) is 25.1 Å². The first-order valence-corrected chi connectivity index (χ1v) is 9.03. The molecule has 1 aromatic carbocycles. The van der Waals surface area contributed by atoms with Gasteiger partial charge in [-0.25, -0.2) is 4.98 Å². The SMILES string of the molecule is CNc1nc(-c2ccc(C3CCCCC3)cc2)cc2c1=NCCN=2. The van der Waals surface area contributed by atoms with E-state index in [1.165, 1.54) is 37.7 Å². The first-order valence-electron chi connectivity index (χ1n) is 9.03. The van der Waals surface area contributed by atoms with Crippen molar-refractivity contribution in [2.75, 3.05) is 25.5 Å². The van der Waals surface area contributed by atoms with Crippen molar-refractivity contribution in [2.45, 2.75) is 38.0 Å². The van der Waals surface area contributed by atoms with Crippen LogP contribution in [0.5, 0.6) is 0 Å². The molecule has 2 aromatic rings. The van der Waals surface area contributed by atoms with Crippen molar-refractivity contribution in [2.24, 2.45) is 9.98 Å². The minimum absolute atomic E-state index is 0.742. The number of rotatable bonds is 3. The Labute approximate surface area is 142 Å². The summed E-state index contributed by atoms with van der Waals surface area (Å²) in [5.41, 5.74) is 3.59. The predicted molar refractivity (Wildman–Crippen MR) is 97.1 cm³/mol. The quantitative estimate of drug-likeness (QED) is 0.945. The maximum atomic E-state index is 4.75. The van der Waals surface area contributed by atoms with Gasteiger partial charge in [-0.2, -0.15) is 0 Å². The fourth-order valence-electron chi connectivity index (χ4n) is 3.82. The molecule has 0 spiro atoms. The first kappa shape index (κ1) is 15.3. The summed E-state index contributed by atoms with van der Waals surface area (Å²) in [6.45, 7) is 1.51. The third-order valence-corrected chi connectivity index (χ3v) is 5.14. The molecule has 0 radical (unpaired) electrons. The average Bonchev–Trinajstić information content (AvgIpc) is 2.68. The highest BCUT2D eigenvalue weighted by atomic mass is 15.0.